The number of benzene rings is 3. The number of hydrogen-bond acceptors (Lipinski definition) is 4. The number of hydrogen-bond donors (Lipinski definition) is 2. The van der Waals surface area contributed by atoms with Gasteiger partial charge in [0.15, 0.2) is 6.04 Å². The molecule has 170 valence electrons. The predicted molar refractivity (Wildman–Crippen MR) is 125 cm³/mol. The van der Waals surface area contributed by atoms with E-state index in [4.69, 9.17) is 9.47 Å². The number of fused-ring (bicyclic) bond motifs is 3. The lowest BCUT2D eigenvalue weighted by atomic mass is 9.98. The van der Waals surface area contributed by atoms with Crippen molar-refractivity contribution >= 4 is 12.1 Å². The zero-order valence-electron chi connectivity index (χ0n) is 18.9. The van der Waals surface area contributed by atoms with Crippen LogP contribution in [0.2, 0.25) is 0 Å². The van der Waals surface area contributed by atoms with Gasteiger partial charge in [-0.3, -0.25) is 0 Å². The van der Waals surface area contributed by atoms with Crippen LogP contribution in [-0.2, 0) is 9.53 Å². The summed E-state index contributed by atoms with van der Waals surface area (Å²) in [6.45, 7) is 5.91. The molecule has 0 fully saturated rings. The number of carbonyl (C=O) groups is 2. The third-order valence-electron chi connectivity index (χ3n) is 5.49. The Bertz CT molecular complexity index is 1120. The Morgan fingerprint density at radius 1 is 0.909 bits per heavy atom. The topological polar surface area (TPSA) is 84.9 Å². The standard InChI is InChI=1S/C27H27NO5/c1-27(2,3)33-18-14-12-17(13-15-18)24(25(29)30)28-26(31)32-16-23-21-10-6-4-8-19(21)20-9-5-7-11-22(20)23/h4-15,23-24H,16H2,1-3H3,(H,28,31)(H,29,30)/t24-/m0/s1. The Labute approximate surface area is 193 Å². The second-order valence-electron chi connectivity index (χ2n) is 9.02. The largest absolute Gasteiger partial charge is 0.488 e. The van der Waals surface area contributed by atoms with E-state index in [0.29, 0.717) is 11.3 Å². The van der Waals surface area contributed by atoms with Crippen LogP contribution in [0, 0.1) is 0 Å². The molecule has 3 aromatic rings. The van der Waals surface area contributed by atoms with Crippen molar-refractivity contribution in [1.82, 2.24) is 5.32 Å². The highest BCUT2D eigenvalue weighted by Gasteiger charge is 2.30. The van der Waals surface area contributed by atoms with Crippen LogP contribution < -0.4 is 10.1 Å². The Morgan fingerprint density at radius 3 is 1.97 bits per heavy atom. The average molecular weight is 446 g/mol. The Hall–Kier alpha value is -3.80. The van der Waals surface area contributed by atoms with Gasteiger partial charge < -0.3 is 19.9 Å². The molecule has 1 atom stereocenters. The molecule has 6 nitrogen and oxygen atoms in total. The van der Waals surface area contributed by atoms with Gasteiger partial charge in [-0.25, -0.2) is 9.59 Å². The highest BCUT2D eigenvalue weighted by Crippen LogP contribution is 2.44. The summed E-state index contributed by atoms with van der Waals surface area (Å²) in [7, 11) is 0. The zero-order chi connectivity index (χ0) is 23.6. The van der Waals surface area contributed by atoms with Crippen molar-refractivity contribution in [1.29, 1.82) is 0 Å². The minimum Gasteiger partial charge on any atom is -0.488 e. The molecule has 1 amide bonds. The summed E-state index contributed by atoms with van der Waals surface area (Å²) in [5, 5.41) is 12.1. The number of amides is 1. The van der Waals surface area contributed by atoms with Crippen molar-refractivity contribution in [2.45, 2.75) is 38.3 Å². The lowest BCUT2D eigenvalue weighted by molar-refractivity contribution is -0.139. The molecule has 1 aliphatic rings. The maximum Gasteiger partial charge on any atom is 0.408 e. The van der Waals surface area contributed by atoms with Crippen LogP contribution >= 0.6 is 0 Å². The number of nitrogens with one attached hydrogen (secondary N) is 1. The number of aliphatic carboxylic acids is 1. The number of rotatable bonds is 6. The highest BCUT2D eigenvalue weighted by molar-refractivity contribution is 5.82. The fourth-order valence-corrected chi connectivity index (χ4v) is 4.13. The van der Waals surface area contributed by atoms with Crippen LogP contribution in [0.5, 0.6) is 5.75 Å². The fraction of sp³-hybridized carbons (Fsp3) is 0.259. The monoisotopic (exact) mass is 445 g/mol. The zero-order valence-corrected chi connectivity index (χ0v) is 18.9. The molecule has 0 bridgehead atoms. The maximum absolute atomic E-state index is 12.5. The van der Waals surface area contributed by atoms with Crippen molar-refractivity contribution < 1.29 is 24.2 Å². The van der Waals surface area contributed by atoms with E-state index in [1.165, 1.54) is 0 Å². The first-order valence-electron chi connectivity index (χ1n) is 10.9. The lowest BCUT2D eigenvalue weighted by Crippen LogP contribution is -2.34. The predicted octanol–water partition coefficient (Wildman–Crippen LogP) is 5.53. The molecule has 2 N–H and O–H groups in total. The van der Waals surface area contributed by atoms with Crippen molar-refractivity contribution in [3.05, 3.63) is 89.5 Å². The van der Waals surface area contributed by atoms with Gasteiger partial charge in [0.05, 0.1) is 0 Å². The smallest absolute Gasteiger partial charge is 0.408 e. The Kier molecular flexibility index (Phi) is 6.09. The Balaban J connectivity index is 1.44. The van der Waals surface area contributed by atoms with E-state index < -0.39 is 18.1 Å². The van der Waals surface area contributed by atoms with Gasteiger partial charge in [-0.2, -0.15) is 0 Å². The molecule has 0 radical (unpaired) electrons. The van der Waals surface area contributed by atoms with Gasteiger partial charge in [-0.05, 0) is 60.7 Å². The second kappa shape index (κ2) is 8.98. The molecule has 0 unspecified atom stereocenters. The van der Waals surface area contributed by atoms with Gasteiger partial charge in [0.25, 0.3) is 0 Å². The van der Waals surface area contributed by atoms with Crippen LogP contribution in [-0.4, -0.2) is 29.4 Å². The molecule has 4 rings (SSSR count). The van der Waals surface area contributed by atoms with Crippen molar-refractivity contribution in [3.63, 3.8) is 0 Å². The number of alkyl carbamates (subject to hydrolysis) is 1. The minimum absolute atomic E-state index is 0.0970. The van der Waals surface area contributed by atoms with Gasteiger partial charge in [0.2, 0.25) is 0 Å². The average Bonchev–Trinajstić information content (AvgIpc) is 3.09. The first-order chi connectivity index (χ1) is 15.7. The third-order valence-corrected chi connectivity index (χ3v) is 5.49. The van der Waals surface area contributed by atoms with Crippen LogP contribution in [0.4, 0.5) is 4.79 Å². The third kappa shape index (κ3) is 5.00. The molecule has 0 saturated heterocycles. The molecular formula is C27H27NO5. The molecule has 0 aromatic heterocycles. The van der Waals surface area contributed by atoms with E-state index in [1.807, 2.05) is 57.2 Å². The van der Waals surface area contributed by atoms with E-state index in [-0.39, 0.29) is 18.1 Å². The van der Waals surface area contributed by atoms with Crippen molar-refractivity contribution in [3.8, 4) is 16.9 Å². The number of ether oxygens (including phenoxy) is 2. The SMILES string of the molecule is CC(C)(C)Oc1ccc([C@H](NC(=O)OCC2c3ccccc3-c3ccccc32)C(=O)O)cc1. The van der Waals surface area contributed by atoms with Gasteiger partial charge in [0, 0.05) is 5.92 Å². The van der Waals surface area contributed by atoms with Crippen LogP contribution in [0.25, 0.3) is 11.1 Å². The van der Waals surface area contributed by atoms with Gasteiger partial charge >= 0.3 is 12.1 Å². The molecule has 1 aliphatic carbocycles. The summed E-state index contributed by atoms with van der Waals surface area (Å²) in [4.78, 5) is 24.4. The van der Waals surface area contributed by atoms with Crippen molar-refractivity contribution in [2.24, 2.45) is 0 Å². The molecule has 33 heavy (non-hydrogen) atoms. The van der Waals surface area contributed by atoms with Gasteiger partial charge in [0.1, 0.15) is 18.0 Å². The summed E-state index contributed by atoms with van der Waals surface area (Å²) in [5.74, 6) is -0.648. The minimum atomic E-state index is -1.23. The number of carbonyl (C=O) groups excluding carboxylic acids is 1. The first kappa shape index (κ1) is 22.4. The summed E-state index contributed by atoms with van der Waals surface area (Å²) in [5.41, 5.74) is 4.50. The van der Waals surface area contributed by atoms with Gasteiger partial charge in [-0.1, -0.05) is 60.7 Å². The van der Waals surface area contributed by atoms with E-state index in [0.717, 1.165) is 22.3 Å². The van der Waals surface area contributed by atoms with Crippen LogP contribution in [0.15, 0.2) is 72.8 Å². The Morgan fingerprint density at radius 2 is 1.45 bits per heavy atom. The van der Waals surface area contributed by atoms with E-state index in [9.17, 15) is 14.7 Å². The lowest BCUT2D eigenvalue weighted by Gasteiger charge is -2.22. The number of carboxylic acids is 1. The quantitative estimate of drug-likeness (QED) is 0.521. The van der Waals surface area contributed by atoms with Gasteiger partial charge in [-0.15, -0.1) is 0 Å². The molecule has 3 aromatic carbocycles. The summed E-state index contributed by atoms with van der Waals surface area (Å²) in [6, 6.07) is 21.5. The molecular weight excluding hydrogens is 418 g/mol. The first-order valence-corrected chi connectivity index (χ1v) is 10.9. The summed E-state index contributed by atoms with van der Waals surface area (Å²) < 4.78 is 11.3. The fourth-order valence-electron chi connectivity index (χ4n) is 4.13. The molecule has 6 heteroatoms. The summed E-state index contributed by atoms with van der Waals surface area (Å²) in [6.07, 6.45) is -0.778. The van der Waals surface area contributed by atoms with E-state index >= 15 is 0 Å². The molecule has 0 spiro atoms. The van der Waals surface area contributed by atoms with E-state index in [2.05, 4.69) is 17.4 Å². The van der Waals surface area contributed by atoms with Crippen LogP contribution in [0.1, 0.15) is 49.4 Å². The summed E-state index contributed by atoms with van der Waals surface area (Å²) >= 11 is 0. The second-order valence-corrected chi connectivity index (χ2v) is 9.02. The molecule has 0 saturated carbocycles. The molecule has 0 heterocycles. The molecule has 0 aliphatic heterocycles. The highest BCUT2D eigenvalue weighted by atomic mass is 16.5. The maximum atomic E-state index is 12.5. The van der Waals surface area contributed by atoms with Crippen LogP contribution in [0.3, 0.4) is 0 Å². The normalized spacial score (nSPS) is 13.5. The van der Waals surface area contributed by atoms with E-state index in [1.54, 1.807) is 24.3 Å². The number of carboxylic acid groups (broad SMARTS) is 1. The van der Waals surface area contributed by atoms with Crippen molar-refractivity contribution in [2.75, 3.05) is 6.61 Å².